The summed E-state index contributed by atoms with van der Waals surface area (Å²) in [7, 11) is 0. The van der Waals surface area contributed by atoms with E-state index in [1.807, 2.05) is 6.07 Å². The number of amides is 1. The van der Waals surface area contributed by atoms with Gasteiger partial charge in [0.05, 0.1) is 5.75 Å². The van der Waals surface area contributed by atoms with Gasteiger partial charge in [-0.2, -0.15) is 5.26 Å². The van der Waals surface area contributed by atoms with Crippen LogP contribution in [0, 0.1) is 11.3 Å². The molecule has 1 heterocycles. The molecule has 0 aliphatic rings. The molecule has 0 unspecified atom stereocenters. The normalized spacial score (nSPS) is 9.36. The van der Waals surface area contributed by atoms with Gasteiger partial charge in [-0.05, 0) is 0 Å². The van der Waals surface area contributed by atoms with Gasteiger partial charge in [-0.15, -0.1) is 0 Å². The lowest BCUT2D eigenvalue weighted by Gasteiger charge is -1.95. The fourth-order valence-corrected chi connectivity index (χ4v) is 1.52. The van der Waals surface area contributed by atoms with Gasteiger partial charge in [0, 0.05) is 6.20 Å². The highest BCUT2D eigenvalue weighted by molar-refractivity contribution is 7.99. The van der Waals surface area contributed by atoms with Gasteiger partial charge >= 0.3 is 0 Å². The van der Waals surface area contributed by atoms with Crippen LogP contribution in [0.15, 0.2) is 17.9 Å². The molecule has 72 valence electrons. The minimum atomic E-state index is -0.438. The maximum absolute atomic E-state index is 10.5. The van der Waals surface area contributed by atoms with Crippen LogP contribution < -0.4 is 5.73 Å². The maximum atomic E-state index is 10.5. The summed E-state index contributed by atoms with van der Waals surface area (Å²) in [5, 5.41) is 9.29. The van der Waals surface area contributed by atoms with Gasteiger partial charge in [0.15, 0.2) is 5.69 Å². The molecule has 1 aromatic heterocycles. The number of imidazole rings is 1. The first kappa shape index (κ1) is 10.3. The molecule has 0 radical (unpaired) electrons. The van der Waals surface area contributed by atoms with Crippen molar-refractivity contribution in [2.75, 3.05) is 5.75 Å². The Morgan fingerprint density at radius 2 is 2.64 bits per heavy atom. The van der Waals surface area contributed by atoms with E-state index in [4.69, 9.17) is 11.0 Å². The van der Waals surface area contributed by atoms with Gasteiger partial charge in [0.2, 0.25) is 5.91 Å². The van der Waals surface area contributed by atoms with Crippen LogP contribution in [-0.2, 0) is 4.79 Å². The Hall–Kier alpha value is -1.74. The lowest BCUT2D eigenvalue weighted by Crippen LogP contribution is -2.13. The monoisotopic (exact) mass is 208 g/mol. The summed E-state index contributed by atoms with van der Waals surface area (Å²) in [5.41, 5.74) is 5.34. The van der Waals surface area contributed by atoms with Crippen LogP contribution in [0.1, 0.15) is 5.69 Å². The number of carbonyl (C=O) groups is 1. The van der Waals surface area contributed by atoms with Crippen LogP contribution in [-0.4, -0.2) is 21.2 Å². The second kappa shape index (κ2) is 4.48. The van der Waals surface area contributed by atoms with Gasteiger partial charge in [-0.1, -0.05) is 18.3 Å². The minimum absolute atomic E-state index is 0.114. The highest BCUT2D eigenvalue weighted by Crippen LogP contribution is 2.19. The van der Waals surface area contributed by atoms with Crippen molar-refractivity contribution in [3.63, 3.8) is 0 Å². The molecule has 0 bridgehead atoms. The van der Waals surface area contributed by atoms with Gasteiger partial charge in [-0.25, -0.2) is 4.98 Å². The number of hydrogen-bond acceptors (Lipinski definition) is 4. The first-order chi connectivity index (χ1) is 6.69. The van der Waals surface area contributed by atoms with Crippen LogP contribution in [0.2, 0.25) is 0 Å². The molecule has 6 heteroatoms. The molecule has 0 saturated carbocycles. The average Bonchev–Trinajstić information content (AvgIpc) is 2.56. The number of primary amides is 1. The van der Waals surface area contributed by atoms with E-state index in [0.717, 1.165) is 11.8 Å². The van der Waals surface area contributed by atoms with E-state index in [1.54, 1.807) is 0 Å². The highest BCUT2D eigenvalue weighted by atomic mass is 32.2. The molecule has 1 aromatic rings. The van der Waals surface area contributed by atoms with E-state index in [2.05, 4.69) is 11.6 Å². The van der Waals surface area contributed by atoms with Crippen molar-refractivity contribution in [3.05, 3.63) is 18.6 Å². The molecular weight excluding hydrogens is 200 g/mol. The number of nitriles is 1. The zero-order valence-electron chi connectivity index (χ0n) is 7.30. The number of hydrogen-bond donors (Lipinski definition) is 1. The molecule has 0 aliphatic heterocycles. The van der Waals surface area contributed by atoms with Crippen molar-refractivity contribution in [3.8, 4) is 6.07 Å². The van der Waals surface area contributed by atoms with E-state index in [0.29, 0.717) is 10.7 Å². The summed E-state index contributed by atoms with van der Waals surface area (Å²) >= 11 is 1.14. The lowest BCUT2D eigenvalue weighted by molar-refractivity contribution is -0.115. The molecule has 2 N–H and O–H groups in total. The predicted octanol–water partition coefficient (Wildman–Crippen LogP) is 0.433. The van der Waals surface area contributed by atoms with Crippen molar-refractivity contribution in [1.29, 1.82) is 5.26 Å². The van der Waals surface area contributed by atoms with Crippen LogP contribution in [0.4, 0.5) is 0 Å². The van der Waals surface area contributed by atoms with E-state index >= 15 is 0 Å². The summed E-state index contributed by atoms with van der Waals surface area (Å²) in [6, 6.07) is 1.98. The fraction of sp³-hybridized carbons (Fsp3) is 0.125. The SMILES string of the molecule is C=Cn1cnc(SCC(N)=O)c1C#N. The van der Waals surface area contributed by atoms with Crippen LogP contribution >= 0.6 is 11.8 Å². The van der Waals surface area contributed by atoms with E-state index < -0.39 is 5.91 Å². The largest absolute Gasteiger partial charge is 0.369 e. The summed E-state index contributed by atoms with van der Waals surface area (Å²) in [6.07, 6.45) is 2.94. The van der Waals surface area contributed by atoms with Crippen molar-refractivity contribution >= 4 is 23.9 Å². The number of carbonyl (C=O) groups excluding carboxylic acids is 1. The number of nitrogens with two attached hydrogens (primary N) is 1. The number of nitrogens with zero attached hydrogens (tertiary/aromatic N) is 3. The van der Waals surface area contributed by atoms with Crippen molar-refractivity contribution in [1.82, 2.24) is 9.55 Å². The predicted molar refractivity (Wildman–Crippen MR) is 53.2 cm³/mol. The second-order valence-electron chi connectivity index (χ2n) is 2.35. The molecule has 0 aromatic carbocycles. The summed E-state index contributed by atoms with van der Waals surface area (Å²) in [6.45, 7) is 3.52. The van der Waals surface area contributed by atoms with Gasteiger partial charge in [0.1, 0.15) is 17.4 Å². The van der Waals surface area contributed by atoms with E-state index in [1.165, 1.54) is 17.1 Å². The Labute approximate surface area is 85.2 Å². The third-order valence-corrected chi connectivity index (χ3v) is 2.41. The molecular formula is C8H8N4OS. The zero-order chi connectivity index (χ0) is 10.6. The molecule has 0 fully saturated rings. The van der Waals surface area contributed by atoms with E-state index in [-0.39, 0.29) is 5.75 Å². The standard InChI is InChI=1S/C8H8N4OS/c1-2-12-5-11-8(6(12)3-9)14-4-7(10)13/h2,5H,1,4H2,(H2,10,13). The number of aromatic nitrogens is 2. The van der Waals surface area contributed by atoms with Gasteiger partial charge < -0.3 is 5.73 Å². The Balaban J connectivity index is 2.88. The highest BCUT2D eigenvalue weighted by Gasteiger charge is 2.10. The first-order valence-corrected chi connectivity index (χ1v) is 4.68. The molecule has 5 nitrogen and oxygen atoms in total. The second-order valence-corrected chi connectivity index (χ2v) is 3.32. The third kappa shape index (κ3) is 2.14. The fourth-order valence-electron chi connectivity index (χ4n) is 0.833. The average molecular weight is 208 g/mol. The number of rotatable bonds is 4. The summed E-state index contributed by atoms with van der Waals surface area (Å²) in [5.74, 6) is -0.324. The molecule has 0 atom stereocenters. The maximum Gasteiger partial charge on any atom is 0.227 e. The molecule has 0 saturated heterocycles. The van der Waals surface area contributed by atoms with Crippen molar-refractivity contribution in [2.45, 2.75) is 5.03 Å². The van der Waals surface area contributed by atoms with Gasteiger partial charge in [0.25, 0.3) is 0 Å². The summed E-state index contributed by atoms with van der Waals surface area (Å²) < 4.78 is 1.49. The molecule has 1 rings (SSSR count). The van der Waals surface area contributed by atoms with Crippen LogP contribution in [0.3, 0.4) is 0 Å². The third-order valence-electron chi connectivity index (χ3n) is 1.41. The van der Waals surface area contributed by atoms with Gasteiger partial charge in [-0.3, -0.25) is 9.36 Å². The van der Waals surface area contributed by atoms with E-state index in [9.17, 15) is 4.79 Å². The first-order valence-electron chi connectivity index (χ1n) is 3.69. The smallest absolute Gasteiger partial charge is 0.227 e. The molecule has 1 amide bonds. The Bertz CT molecular complexity index is 404. The topological polar surface area (TPSA) is 84.7 Å². The Kier molecular flexibility index (Phi) is 3.31. The lowest BCUT2D eigenvalue weighted by atomic mass is 10.5. The Morgan fingerprint density at radius 3 is 3.14 bits per heavy atom. The molecule has 14 heavy (non-hydrogen) atoms. The van der Waals surface area contributed by atoms with Crippen molar-refractivity contribution < 1.29 is 4.79 Å². The number of thioether (sulfide) groups is 1. The molecule has 0 spiro atoms. The van der Waals surface area contributed by atoms with Crippen molar-refractivity contribution in [2.24, 2.45) is 5.73 Å². The van der Waals surface area contributed by atoms with Crippen LogP contribution in [0.25, 0.3) is 6.20 Å². The zero-order valence-corrected chi connectivity index (χ0v) is 8.12. The minimum Gasteiger partial charge on any atom is -0.369 e. The quantitative estimate of drug-likeness (QED) is 0.727. The van der Waals surface area contributed by atoms with Crippen LogP contribution in [0.5, 0.6) is 0 Å². The summed E-state index contributed by atoms with van der Waals surface area (Å²) in [4.78, 5) is 14.5. The molecule has 0 aliphatic carbocycles. The Morgan fingerprint density at radius 1 is 1.93 bits per heavy atom.